The highest BCUT2D eigenvalue weighted by Gasteiger charge is 2.46. The van der Waals surface area contributed by atoms with Crippen LogP contribution in [0.25, 0.3) is 11.2 Å². The fourth-order valence-electron chi connectivity index (χ4n) is 3.05. The van der Waals surface area contributed by atoms with Gasteiger partial charge >= 0.3 is 13.6 Å². The summed E-state index contributed by atoms with van der Waals surface area (Å²) < 4.78 is 28.1. The summed E-state index contributed by atoms with van der Waals surface area (Å²) in [6.07, 6.45) is -4.10. The predicted molar refractivity (Wildman–Crippen MR) is 104 cm³/mol. The molecule has 0 spiro atoms. The lowest BCUT2D eigenvalue weighted by Crippen LogP contribution is -2.36. The van der Waals surface area contributed by atoms with Gasteiger partial charge in [0, 0.05) is 7.05 Å². The molecule has 1 fully saturated rings. The smallest absolute Gasteiger partial charge is 0.365 e. The van der Waals surface area contributed by atoms with E-state index in [-0.39, 0.29) is 17.5 Å². The highest BCUT2D eigenvalue weighted by atomic mass is 35.5. The van der Waals surface area contributed by atoms with Gasteiger partial charge in [0.05, 0.1) is 19.5 Å². The van der Waals surface area contributed by atoms with Crippen molar-refractivity contribution in [1.82, 2.24) is 19.5 Å². The van der Waals surface area contributed by atoms with Crippen LogP contribution in [-0.2, 0) is 23.6 Å². The van der Waals surface area contributed by atoms with Gasteiger partial charge in [0.25, 0.3) is 5.85 Å². The zero-order valence-corrected chi connectivity index (χ0v) is 18.0. The van der Waals surface area contributed by atoms with Crippen molar-refractivity contribution in [1.29, 1.82) is 0 Å². The number of hydrogen-bond donors (Lipinski definition) is 5. The largest absolute Gasteiger partial charge is 0.464 e. The van der Waals surface area contributed by atoms with Crippen LogP contribution in [-0.4, -0.2) is 89.9 Å². The Hall–Kier alpha value is -1.90. The third-order valence-electron chi connectivity index (χ3n) is 4.45. The van der Waals surface area contributed by atoms with Crippen LogP contribution in [0.1, 0.15) is 13.2 Å². The zero-order chi connectivity index (χ0) is 22.9. The van der Waals surface area contributed by atoms with Gasteiger partial charge in [-0.3, -0.25) is 9.13 Å². The summed E-state index contributed by atoms with van der Waals surface area (Å²) in [5, 5.41) is 23.5. The molecule has 0 aliphatic carbocycles. The Morgan fingerprint density at radius 2 is 2.10 bits per heavy atom. The molecule has 0 bridgehead atoms. The van der Waals surface area contributed by atoms with Crippen LogP contribution in [0.3, 0.4) is 0 Å². The van der Waals surface area contributed by atoms with Gasteiger partial charge in [-0.05, 0) is 18.5 Å². The van der Waals surface area contributed by atoms with Crippen LogP contribution >= 0.6 is 19.2 Å². The fraction of sp³-hybridized carbons (Fsp3) is 0.600. The van der Waals surface area contributed by atoms with Gasteiger partial charge in [0.15, 0.2) is 23.2 Å². The molecule has 0 unspecified atom stereocenters. The summed E-state index contributed by atoms with van der Waals surface area (Å²) in [4.78, 5) is 42.7. The van der Waals surface area contributed by atoms with Crippen molar-refractivity contribution in [2.24, 2.45) is 0 Å². The minimum Gasteiger partial charge on any atom is -0.464 e. The fourth-order valence-corrected chi connectivity index (χ4v) is 3.84. The lowest BCUT2D eigenvalue weighted by Gasteiger charge is -2.20. The molecule has 0 radical (unpaired) electrons. The number of imidazole rings is 1. The van der Waals surface area contributed by atoms with Crippen molar-refractivity contribution >= 4 is 42.1 Å². The van der Waals surface area contributed by atoms with Gasteiger partial charge in [-0.1, -0.05) is 0 Å². The van der Waals surface area contributed by atoms with Crippen molar-refractivity contribution in [3.63, 3.8) is 0 Å². The summed E-state index contributed by atoms with van der Waals surface area (Å²) in [6, 6.07) is 0. The first-order chi connectivity index (χ1) is 14.6. The molecular weight excluding hydrogens is 461 g/mol. The molecule has 16 heteroatoms. The SMILES string of the molecule is CCOC(=O)[C@@H](OC[C@H]1O[C@@H](n2cnc3c(NC)nc(Cl)nc32)[C@H](O)[C@@H]1O)P(=O)(O)O. The highest BCUT2D eigenvalue weighted by molar-refractivity contribution is 7.53. The molecule has 14 nitrogen and oxygen atoms in total. The lowest BCUT2D eigenvalue weighted by atomic mass is 10.1. The van der Waals surface area contributed by atoms with Crippen molar-refractivity contribution in [3.05, 3.63) is 11.6 Å². The molecule has 1 aliphatic heterocycles. The Morgan fingerprint density at radius 3 is 2.71 bits per heavy atom. The molecule has 2 aromatic rings. The van der Waals surface area contributed by atoms with E-state index in [9.17, 15) is 29.4 Å². The molecule has 0 aromatic carbocycles. The molecule has 3 rings (SSSR count). The van der Waals surface area contributed by atoms with Crippen molar-refractivity contribution in [2.45, 2.75) is 37.3 Å². The van der Waals surface area contributed by atoms with E-state index in [1.165, 1.54) is 17.8 Å². The molecule has 1 saturated heterocycles. The molecule has 3 heterocycles. The number of carbonyl (C=O) groups excluding carboxylic acids is 1. The second-order valence-corrected chi connectivity index (χ2v) is 8.47. The average molecular weight is 482 g/mol. The van der Waals surface area contributed by atoms with Crippen LogP contribution in [0.2, 0.25) is 5.28 Å². The van der Waals surface area contributed by atoms with Crippen molar-refractivity contribution < 1.29 is 43.6 Å². The maximum absolute atomic E-state index is 11.8. The Morgan fingerprint density at radius 1 is 1.39 bits per heavy atom. The number of ether oxygens (including phenoxy) is 3. The average Bonchev–Trinajstić information content (AvgIpc) is 3.22. The number of rotatable bonds is 8. The van der Waals surface area contributed by atoms with E-state index >= 15 is 0 Å². The number of aliphatic hydroxyl groups excluding tert-OH is 2. The van der Waals surface area contributed by atoms with Crippen LogP contribution in [0.15, 0.2) is 6.33 Å². The Labute approximate surface area is 180 Å². The number of nitrogens with zero attached hydrogens (tertiary/aromatic N) is 4. The van der Waals surface area contributed by atoms with Gasteiger partial charge in [-0.15, -0.1) is 0 Å². The lowest BCUT2D eigenvalue weighted by molar-refractivity contribution is -0.155. The van der Waals surface area contributed by atoms with E-state index in [0.717, 1.165) is 0 Å². The van der Waals surface area contributed by atoms with E-state index in [1.54, 1.807) is 7.05 Å². The molecule has 0 amide bonds. The molecule has 31 heavy (non-hydrogen) atoms. The Kier molecular flexibility index (Phi) is 7.13. The van der Waals surface area contributed by atoms with Gasteiger partial charge in [0.2, 0.25) is 5.28 Å². The molecular formula is C15H21ClN5O9P. The summed E-state index contributed by atoms with van der Waals surface area (Å²) in [5.41, 5.74) is 0.544. The number of carbonyl (C=O) groups is 1. The third kappa shape index (κ3) is 4.81. The Bertz CT molecular complexity index is 1000. The minimum atomic E-state index is -5.01. The normalized spacial score (nSPS) is 25.0. The van der Waals surface area contributed by atoms with Crippen LogP contribution in [0.5, 0.6) is 0 Å². The number of esters is 1. The summed E-state index contributed by atoms with van der Waals surface area (Å²) in [5.74, 6) is -3.12. The molecule has 0 saturated carbocycles. The monoisotopic (exact) mass is 481 g/mol. The number of halogens is 1. The number of anilines is 1. The quantitative estimate of drug-likeness (QED) is 0.179. The van der Waals surface area contributed by atoms with Crippen molar-refractivity contribution in [2.75, 3.05) is 25.6 Å². The first kappa shape index (κ1) is 23.8. The van der Waals surface area contributed by atoms with Gasteiger partial charge in [-0.25, -0.2) is 9.78 Å². The predicted octanol–water partition coefficient (Wildman–Crippen LogP) is -0.776. The van der Waals surface area contributed by atoms with Gasteiger partial charge < -0.3 is 39.5 Å². The summed E-state index contributed by atoms with van der Waals surface area (Å²) >= 11 is 5.92. The standard InChI is InChI=1S/C15H21ClN5O9P/c1-3-28-13(24)14(31(25,26)27)29-4-6-8(22)9(23)12(30-6)21-5-18-7-10(17-2)19-15(16)20-11(7)21/h5-6,8-9,12,14,22-23H,3-4H2,1-2H3,(H,17,19,20)(H2,25,26,27)/t6-,8-,9-,12-,14+/m1/s1. The van der Waals surface area contributed by atoms with Crippen LogP contribution in [0.4, 0.5) is 5.82 Å². The summed E-state index contributed by atoms with van der Waals surface area (Å²) in [7, 11) is -3.41. The van der Waals surface area contributed by atoms with E-state index in [0.29, 0.717) is 11.3 Å². The number of hydrogen-bond acceptors (Lipinski definition) is 11. The van der Waals surface area contributed by atoms with E-state index in [2.05, 4.69) is 25.0 Å². The van der Waals surface area contributed by atoms with Crippen LogP contribution in [0, 0.1) is 0 Å². The molecule has 1 aliphatic rings. The molecule has 5 atom stereocenters. The highest BCUT2D eigenvalue weighted by Crippen LogP contribution is 2.43. The van der Waals surface area contributed by atoms with Crippen LogP contribution < -0.4 is 5.32 Å². The van der Waals surface area contributed by atoms with E-state index in [1.807, 2.05) is 0 Å². The number of aliphatic hydroxyl groups is 2. The van der Waals surface area contributed by atoms with E-state index in [4.69, 9.17) is 21.1 Å². The minimum absolute atomic E-state index is 0.0922. The Balaban J connectivity index is 1.80. The third-order valence-corrected chi connectivity index (χ3v) is 5.59. The maximum atomic E-state index is 11.8. The summed E-state index contributed by atoms with van der Waals surface area (Å²) in [6.45, 7) is 0.729. The van der Waals surface area contributed by atoms with Gasteiger partial charge in [0.1, 0.15) is 18.3 Å². The van der Waals surface area contributed by atoms with Gasteiger partial charge in [-0.2, -0.15) is 9.97 Å². The maximum Gasteiger partial charge on any atom is 0.365 e. The molecule has 5 N–H and O–H groups in total. The second kappa shape index (κ2) is 9.30. The number of fused-ring (bicyclic) bond motifs is 1. The number of aromatic nitrogens is 4. The first-order valence-corrected chi connectivity index (χ1v) is 11.1. The molecule has 172 valence electrons. The number of nitrogens with one attached hydrogen (secondary N) is 1. The van der Waals surface area contributed by atoms with E-state index < -0.39 is 50.6 Å². The van der Waals surface area contributed by atoms with Crippen molar-refractivity contribution in [3.8, 4) is 0 Å². The molecule has 2 aromatic heterocycles. The second-order valence-electron chi connectivity index (χ2n) is 6.49. The zero-order valence-electron chi connectivity index (χ0n) is 16.3. The topological polar surface area (TPSA) is 198 Å². The first-order valence-electron chi connectivity index (χ1n) is 9.01.